The number of hydrogen-bond donors (Lipinski definition) is 1. The molecule has 2 fully saturated rings. The molecule has 0 bridgehead atoms. The fourth-order valence-electron chi connectivity index (χ4n) is 3.66. The molecule has 2 heterocycles. The Morgan fingerprint density at radius 1 is 1.36 bits per heavy atom. The van der Waals surface area contributed by atoms with Crippen LogP contribution in [0.2, 0.25) is 0 Å². The van der Waals surface area contributed by atoms with Gasteiger partial charge in [-0.15, -0.1) is 0 Å². The summed E-state index contributed by atoms with van der Waals surface area (Å²) in [5.41, 5.74) is 3.02. The molecule has 1 aliphatic carbocycles. The number of carbonyl (C=O) groups is 2. The SMILES string of the molecule is CCOC(=O)C1=C(C)N=C2SCCCN2[C@@H]1c1cccc(NC(=O)C2CC2)c1. The molecule has 0 radical (unpaired) electrons. The number of thioether (sulfide) groups is 1. The zero-order chi connectivity index (χ0) is 19.7. The topological polar surface area (TPSA) is 71.0 Å². The van der Waals surface area contributed by atoms with E-state index in [-0.39, 0.29) is 23.8 Å². The van der Waals surface area contributed by atoms with Crippen molar-refractivity contribution in [2.45, 2.75) is 39.2 Å². The van der Waals surface area contributed by atoms with E-state index in [2.05, 4.69) is 15.2 Å². The van der Waals surface area contributed by atoms with Gasteiger partial charge in [-0.2, -0.15) is 0 Å². The summed E-state index contributed by atoms with van der Waals surface area (Å²) in [5, 5.41) is 3.96. The molecule has 4 rings (SSSR count). The highest BCUT2D eigenvalue weighted by Gasteiger charge is 2.38. The third-order valence-electron chi connectivity index (χ3n) is 5.17. The van der Waals surface area contributed by atoms with Crippen molar-refractivity contribution < 1.29 is 14.3 Å². The lowest BCUT2D eigenvalue weighted by atomic mass is 9.94. The Labute approximate surface area is 169 Å². The van der Waals surface area contributed by atoms with E-state index in [4.69, 9.17) is 4.74 Å². The quantitative estimate of drug-likeness (QED) is 0.764. The molecule has 0 spiro atoms. The van der Waals surface area contributed by atoms with Gasteiger partial charge in [0.15, 0.2) is 5.17 Å². The molecule has 7 heteroatoms. The minimum Gasteiger partial charge on any atom is -0.463 e. The number of allylic oxidation sites excluding steroid dienone is 1. The Kier molecular flexibility index (Phi) is 5.44. The first-order valence-corrected chi connectivity index (χ1v) is 10.8. The number of aliphatic imine (C=N–C) groups is 1. The number of nitrogens with zero attached hydrogens (tertiary/aromatic N) is 2. The average Bonchev–Trinajstić information content (AvgIpc) is 3.52. The predicted octanol–water partition coefficient (Wildman–Crippen LogP) is 3.72. The van der Waals surface area contributed by atoms with Crippen LogP contribution >= 0.6 is 11.8 Å². The van der Waals surface area contributed by atoms with E-state index in [1.54, 1.807) is 11.8 Å². The van der Waals surface area contributed by atoms with Crippen LogP contribution in [0.1, 0.15) is 44.7 Å². The minimum absolute atomic E-state index is 0.0777. The number of nitrogens with one attached hydrogen (secondary N) is 1. The van der Waals surface area contributed by atoms with Gasteiger partial charge in [-0.1, -0.05) is 23.9 Å². The highest BCUT2D eigenvalue weighted by atomic mass is 32.2. The van der Waals surface area contributed by atoms with Crippen molar-refractivity contribution in [3.63, 3.8) is 0 Å². The lowest BCUT2D eigenvalue weighted by Crippen LogP contribution is -2.42. The van der Waals surface area contributed by atoms with E-state index in [1.165, 1.54) is 0 Å². The number of amides is 1. The van der Waals surface area contributed by atoms with Crippen LogP contribution in [-0.2, 0) is 14.3 Å². The van der Waals surface area contributed by atoms with Crippen LogP contribution < -0.4 is 5.32 Å². The lowest BCUT2D eigenvalue weighted by molar-refractivity contribution is -0.139. The molecule has 0 aromatic heterocycles. The maximum Gasteiger partial charge on any atom is 0.338 e. The summed E-state index contributed by atoms with van der Waals surface area (Å²) < 4.78 is 5.35. The van der Waals surface area contributed by atoms with Crippen molar-refractivity contribution in [3.05, 3.63) is 41.1 Å². The van der Waals surface area contributed by atoms with E-state index in [0.29, 0.717) is 17.9 Å². The number of fused-ring (bicyclic) bond motifs is 1. The van der Waals surface area contributed by atoms with Crippen molar-refractivity contribution in [2.24, 2.45) is 10.9 Å². The summed E-state index contributed by atoms with van der Waals surface area (Å²) in [6.45, 7) is 4.85. The molecule has 1 saturated heterocycles. The number of hydrogen-bond acceptors (Lipinski definition) is 6. The van der Waals surface area contributed by atoms with E-state index >= 15 is 0 Å². The van der Waals surface area contributed by atoms with Crippen LogP contribution in [-0.4, -0.2) is 40.8 Å². The zero-order valence-corrected chi connectivity index (χ0v) is 17.1. The van der Waals surface area contributed by atoms with Gasteiger partial charge in [0, 0.05) is 23.9 Å². The number of benzene rings is 1. The summed E-state index contributed by atoms with van der Waals surface area (Å²) in [7, 11) is 0. The Bertz CT molecular complexity index is 860. The maximum absolute atomic E-state index is 12.8. The van der Waals surface area contributed by atoms with Gasteiger partial charge in [-0.3, -0.25) is 4.79 Å². The van der Waals surface area contributed by atoms with Gasteiger partial charge in [-0.05, 0) is 50.8 Å². The standard InChI is InChI=1S/C21H25N3O3S/c1-3-27-20(26)17-13(2)22-21-24(10-5-11-28-21)18(17)15-6-4-7-16(12-15)23-19(25)14-8-9-14/h4,6-7,12,14,18H,3,5,8-11H2,1-2H3,(H,23,25)/t18-/m1/s1. The molecular weight excluding hydrogens is 374 g/mol. The average molecular weight is 400 g/mol. The van der Waals surface area contributed by atoms with Gasteiger partial charge in [0.05, 0.1) is 23.9 Å². The van der Waals surface area contributed by atoms with Crippen molar-refractivity contribution in [2.75, 3.05) is 24.2 Å². The molecule has 1 atom stereocenters. The molecule has 28 heavy (non-hydrogen) atoms. The van der Waals surface area contributed by atoms with E-state index < -0.39 is 0 Å². The number of anilines is 1. The highest BCUT2D eigenvalue weighted by Crippen LogP contribution is 2.40. The third-order valence-corrected chi connectivity index (χ3v) is 6.25. The normalized spacial score (nSPS) is 21.7. The van der Waals surface area contributed by atoms with Gasteiger partial charge >= 0.3 is 5.97 Å². The highest BCUT2D eigenvalue weighted by molar-refractivity contribution is 8.13. The molecule has 1 aromatic carbocycles. The maximum atomic E-state index is 12.8. The van der Waals surface area contributed by atoms with Crippen LogP contribution in [0.4, 0.5) is 5.69 Å². The second-order valence-corrected chi connectivity index (χ2v) is 8.36. The number of amidine groups is 1. The van der Waals surface area contributed by atoms with E-state index in [0.717, 1.165) is 48.0 Å². The van der Waals surface area contributed by atoms with Gasteiger partial charge in [0.2, 0.25) is 5.91 Å². The largest absolute Gasteiger partial charge is 0.463 e. The van der Waals surface area contributed by atoms with Crippen LogP contribution in [0.5, 0.6) is 0 Å². The lowest BCUT2D eigenvalue weighted by Gasteiger charge is -2.40. The molecular formula is C21H25N3O3S. The third kappa shape index (κ3) is 3.81. The Balaban J connectivity index is 1.70. The predicted molar refractivity (Wildman–Crippen MR) is 111 cm³/mol. The van der Waals surface area contributed by atoms with Gasteiger partial charge < -0.3 is 15.0 Å². The van der Waals surface area contributed by atoms with Crippen LogP contribution in [0.25, 0.3) is 0 Å². The van der Waals surface area contributed by atoms with Gasteiger partial charge in [0.25, 0.3) is 0 Å². The molecule has 1 amide bonds. The smallest absolute Gasteiger partial charge is 0.338 e. The molecule has 3 aliphatic rings. The number of carbonyl (C=O) groups excluding carboxylic acids is 2. The van der Waals surface area contributed by atoms with Gasteiger partial charge in [0.1, 0.15) is 0 Å². The van der Waals surface area contributed by atoms with Crippen LogP contribution in [0.3, 0.4) is 0 Å². The minimum atomic E-state index is -0.323. The Hall–Kier alpha value is -2.28. The second kappa shape index (κ2) is 7.99. The van der Waals surface area contributed by atoms with E-state index in [1.807, 2.05) is 38.1 Å². The Morgan fingerprint density at radius 2 is 2.18 bits per heavy atom. The monoisotopic (exact) mass is 399 g/mol. The summed E-state index contributed by atoms with van der Waals surface area (Å²) in [6, 6.07) is 7.55. The molecule has 1 N–H and O–H groups in total. The summed E-state index contributed by atoms with van der Waals surface area (Å²) in [5.74, 6) is 0.930. The summed E-state index contributed by atoms with van der Waals surface area (Å²) >= 11 is 1.72. The van der Waals surface area contributed by atoms with E-state index in [9.17, 15) is 9.59 Å². The van der Waals surface area contributed by atoms with Gasteiger partial charge in [-0.25, -0.2) is 9.79 Å². The fraction of sp³-hybridized carbons (Fsp3) is 0.476. The molecule has 1 saturated carbocycles. The molecule has 2 aliphatic heterocycles. The first-order valence-electron chi connectivity index (χ1n) is 9.85. The second-order valence-electron chi connectivity index (χ2n) is 7.30. The molecule has 1 aromatic rings. The van der Waals surface area contributed by atoms with Crippen LogP contribution in [0, 0.1) is 5.92 Å². The first-order chi connectivity index (χ1) is 13.6. The number of ether oxygens (including phenoxy) is 1. The Morgan fingerprint density at radius 3 is 2.93 bits per heavy atom. The molecule has 0 unspecified atom stereocenters. The summed E-state index contributed by atoms with van der Waals surface area (Å²) in [4.78, 5) is 31.8. The fourth-order valence-corrected chi connectivity index (χ4v) is 4.68. The van der Waals surface area contributed by atoms with Crippen molar-refractivity contribution in [3.8, 4) is 0 Å². The van der Waals surface area contributed by atoms with Crippen molar-refractivity contribution in [1.82, 2.24) is 4.90 Å². The molecule has 6 nitrogen and oxygen atoms in total. The van der Waals surface area contributed by atoms with Crippen molar-refractivity contribution >= 4 is 34.5 Å². The zero-order valence-electron chi connectivity index (χ0n) is 16.2. The summed E-state index contributed by atoms with van der Waals surface area (Å²) in [6.07, 6.45) is 2.97. The number of esters is 1. The first kappa shape index (κ1) is 19.1. The van der Waals surface area contributed by atoms with Crippen LogP contribution in [0.15, 0.2) is 40.5 Å². The number of rotatable bonds is 5. The van der Waals surface area contributed by atoms with Crippen molar-refractivity contribution in [1.29, 1.82) is 0 Å². The molecule has 148 valence electrons.